The summed E-state index contributed by atoms with van der Waals surface area (Å²) in [5.74, 6) is 0.620. The van der Waals surface area contributed by atoms with Gasteiger partial charge in [-0.15, -0.1) is 11.6 Å². The molecule has 0 saturated heterocycles. The van der Waals surface area contributed by atoms with Crippen LogP contribution < -0.4 is 0 Å². The van der Waals surface area contributed by atoms with E-state index < -0.39 is 0 Å². The Balaban J connectivity index is 1.80. The van der Waals surface area contributed by atoms with E-state index in [1.807, 2.05) is 0 Å². The van der Waals surface area contributed by atoms with Gasteiger partial charge in [-0.3, -0.25) is 4.90 Å². The SMILES string of the molecule is ClCC(Cc1ccccc1)N(Cc1ccccc1)Cc1ccccc1. The minimum absolute atomic E-state index is 0.296. The molecule has 1 unspecified atom stereocenters. The van der Waals surface area contributed by atoms with Gasteiger partial charge < -0.3 is 0 Å². The molecule has 0 aliphatic heterocycles. The fourth-order valence-electron chi connectivity index (χ4n) is 3.12. The molecule has 0 aliphatic rings. The summed E-state index contributed by atoms with van der Waals surface area (Å²) >= 11 is 6.40. The zero-order valence-corrected chi connectivity index (χ0v) is 15.1. The standard InChI is InChI=1S/C23H24ClN/c24-17-23(16-20-10-4-1-5-11-20)25(18-21-12-6-2-7-13-21)19-22-14-8-3-9-15-22/h1-15,23H,16-19H2. The van der Waals surface area contributed by atoms with Gasteiger partial charge in [0.25, 0.3) is 0 Å². The number of halogens is 1. The van der Waals surface area contributed by atoms with E-state index in [1.165, 1.54) is 16.7 Å². The van der Waals surface area contributed by atoms with Crippen LogP contribution in [0.25, 0.3) is 0 Å². The Morgan fingerprint density at radius 1 is 0.600 bits per heavy atom. The van der Waals surface area contributed by atoms with Gasteiger partial charge in [0.15, 0.2) is 0 Å². The molecule has 0 N–H and O–H groups in total. The zero-order valence-electron chi connectivity index (χ0n) is 14.4. The van der Waals surface area contributed by atoms with Gasteiger partial charge in [-0.25, -0.2) is 0 Å². The molecule has 0 aromatic heterocycles. The fourth-order valence-corrected chi connectivity index (χ4v) is 3.42. The Kier molecular flexibility index (Phi) is 6.67. The molecule has 0 fully saturated rings. The normalized spacial score (nSPS) is 12.2. The largest absolute Gasteiger partial charge is 0.290 e. The smallest absolute Gasteiger partial charge is 0.0383 e. The molecule has 25 heavy (non-hydrogen) atoms. The lowest BCUT2D eigenvalue weighted by Gasteiger charge is -2.31. The molecule has 3 aromatic rings. The summed E-state index contributed by atoms with van der Waals surface area (Å²) in [6.45, 7) is 1.81. The molecule has 1 nitrogen and oxygen atoms in total. The maximum Gasteiger partial charge on any atom is 0.0383 e. The van der Waals surface area contributed by atoms with Gasteiger partial charge >= 0.3 is 0 Å². The molecule has 3 rings (SSSR count). The van der Waals surface area contributed by atoms with Crippen molar-refractivity contribution in [3.63, 3.8) is 0 Å². The van der Waals surface area contributed by atoms with Gasteiger partial charge in [0.05, 0.1) is 0 Å². The predicted molar refractivity (Wildman–Crippen MR) is 107 cm³/mol. The Bertz CT molecular complexity index is 686. The molecule has 0 saturated carbocycles. The van der Waals surface area contributed by atoms with E-state index >= 15 is 0 Å². The summed E-state index contributed by atoms with van der Waals surface area (Å²) in [7, 11) is 0. The summed E-state index contributed by atoms with van der Waals surface area (Å²) in [4.78, 5) is 2.49. The van der Waals surface area contributed by atoms with Crippen LogP contribution in [-0.4, -0.2) is 16.8 Å². The van der Waals surface area contributed by atoms with Gasteiger partial charge in [-0.05, 0) is 23.1 Å². The molecule has 0 spiro atoms. The fraction of sp³-hybridized carbons (Fsp3) is 0.217. The molecule has 128 valence electrons. The van der Waals surface area contributed by atoms with Crippen LogP contribution in [0.3, 0.4) is 0 Å². The number of hydrogen-bond donors (Lipinski definition) is 0. The van der Waals surface area contributed by atoms with Gasteiger partial charge in [0.2, 0.25) is 0 Å². The van der Waals surface area contributed by atoms with E-state index in [0.717, 1.165) is 19.5 Å². The molecule has 0 bridgehead atoms. The van der Waals surface area contributed by atoms with Crippen molar-refractivity contribution in [2.75, 3.05) is 5.88 Å². The first-order valence-corrected chi connectivity index (χ1v) is 9.30. The van der Waals surface area contributed by atoms with Crippen LogP contribution in [0.15, 0.2) is 91.0 Å². The van der Waals surface area contributed by atoms with E-state index in [1.54, 1.807) is 0 Å². The van der Waals surface area contributed by atoms with Crippen molar-refractivity contribution in [1.82, 2.24) is 4.90 Å². The van der Waals surface area contributed by atoms with Gasteiger partial charge in [-0.1, -0.05) is 91.0 Å². The highest BCUT2D eigenvalue weighted by molar-refractivity contribution is 6.18. The summed E-state index contributed by atoms with van der Waals surface area (Å²) < 4.78 is 0. The summed E-state index contributed by atoms with van der Waals surface area (Å²) in [5, 5.41) is 0. The molecule has 0 aliphatic carbocycles. The first kappa shape index (κ1) is 17.7. The first-order chi connectivity index (χ1) is 12.3. The van der Waals surface area contributed by atoms with Crippen LogP contribution in [-0.2, 0) is 19.5 Å². The summed E-state index contributed by atoms with van der Waals surface area (Å²) in [6.07, 6.45) is 0.962. The molecule has 2 heteroatoms. The molecular weight excluding hydrogens is 326 g/mol. The average Bonchev–Trinajstić information content (AvgIpc) is 2.68. The highest BCUT2D eigenvalue weighted by Gasteiger charge is 2.19. The Morgan fingerprint density at radius 2 is 1.00 bits per heavy atom. The zero-order chi connectivity index (χ0) is 17.3. The quantitative estimate of drug-likeness (QED) is 0.483. The Hall–Kier alpha value is -2.09. The molecule has 0 heterocycles. The Labute approximate surface area is 155 Å². The second-order valence-electron chi connectivity index (χ2n) is 6.37. The summed E-state index contributed by atoms with van der Waals surface area (Å²) in [6, 6.07) is 32.2. The van der Waals surface area contributed by atoms with Gasteiger partial charge in [0, 0.05) is 25.0 Å². The number of hydrogen-bond acceptors (Lipinski definition) is 1. The van der Waals surface area contributed by atoms with Crippen LogP contribution in [0.2, 0.25) is 0 Å². The third-order valence-corrected chi connectivity index (χ3v) is 4.82. The number of rotatable bonds is 8. The number of nitrogens with zero attached hydrogens (tertiary/aromatic N) is 1. The number of benzene rings is 3. The lowest BCUT2D eigenvalue weighted by molar-refractivity contribution is 0.192. The second-order valence-corrected chi connectivity index (χ2v) is 6.68. The van der Waals surface area contributed by atoms with E-state index in [-0.39, 0.29) is 0 Å². The van der Waals surface area contributed by atoms with Crippen LogP contribution in [0, 0.1) is 0 Å². The van der Waals surface area contributed by atoms with Crippen molar-refractivity contribution in [1.29, 1.82) is 0 Å². The third-order valence-electron chi connectivity index (χ3n) is 4.47. The molecule has 3 aromatic carbocycles. The van der Waals surface area contributed by atoms with Crippen molar-refractivity contribution in [3.05, 3.63) is 108 Å². The Morgan fingerprint density at radius 3 is 1.40 bits per heavy atom. The van der Waals surface area contributed by atoms with Crippen molar-refractivity contribution in [2.24, 2.45) is 0 Å². The van der Waals surface area contributed by atoms with Gasteiger partial charge in [0.1, 0.15) is 0 Å². The summed E-state index contributed by atoms with van der Waals surface area (Å²) in [5.41, 5.74) is 3.97. The van der Waals surface area contributed by atoms with Crippen molar-refractivity contribution in [3.8, 4) is 0 Å². The molecule has 0 amide bonds. The average molecular weight is 350 g/mol. The first-order valence-electron chi connectivity index (χ1n) is 8.77. The topological polar surface area (TPSA) is 3.24 Å². The van der Waals surface area contributed by atoms with E-state index in [0.29, 0.717) is 11.9 Å². The maximum absolute atomic E-state index is 6.40. The van der Waals surface area contributed by atoms with Crippen LogP contribution in [0.5, 0.6) is 0 Å². The lowest BCUT2D eigenvalue weighted by atomic mass is 10.0. The highest BCUT2D eigenvalue weighted by Crippen LogP contribution is 2.18. The lowest BCUT2D eigenvalue weighted by Crippen LogP contribution is -2.37. The van der Waals surface area contributed by atoms with Crippen molar-refractivity contribution in [2.45, 2.75) is 25.6 Å². The minimum atomic E-state index is 0.296. The second kappa shape index (κ2) is 9.41. The van der Waals surface area contributed by atoms with Crippen LogP contribution >= 0.6 is 11.6 Å². The van der Waals surface area contributed by atoms with Gasteiger partial charge in [-0.2, -0.15) is 0 Å². The minimum Gasteiger partial charge on any atom is -0.290 e. The van der Waals surface area contributed by atoms with Crippen LogP contribution in [0.1, 0.15) is 16.7 Å². The molecular formula is C23H24ClN. The van der Waals surface area contributed by atoms with Crippen molar-refractivity contribution >= 4 is 11.6 Å². The monoisotopic (exact) mass is 349 g/mol. The number of alkyl halides is 1. The van der Waals surface area contributed by atoms with E-state index in [9.17, 15) is 0 Å². The van der Waals surface area contributed by atoms with E-state index in [4.69, 9.17) is 11.6 Å². The molecule has 0 radical (unpaired) electrons. The van der Waals surface area contributed by atoms with Crippen LogP contribution in [0.4, 0.5) is 0 Å². The van der Waals surface area contributed by atoms with Crippen molar-refractivity contribution < 1.29 is 0 Å². The third kappa shape index (κ3) is 5.45. The maximum atomic E-state index is 6.40. The molecule has 1 atom stereocenters. The highest BCUT2D eigenvalue weighted by atomic mass is 35.5. The predicted octanol–water partition coefficient (Wildman–Crippen LogP) is 5.54. The van der Waals surface area contributed by atoms with E-state index in [2.05, 4.69) is 95.9 Å².